The number of nitrogens with zero attached hydrogens (tertiary/aromatic N) is 2. The van der Waals surface area contributed by atoms with Gasteiger partial charge in [-0.1, -0.05) is 115 Å². The minimum atomic E-state index is 0.220. The molecule has 0 saturated heterocycles. The summed E-state index contributed by atoms with van der Waals surface area (Å²) in [5, 5.41) is 19.8. The Balaban J connectivity index is 1.01. The molecular formula is C52H42N2O2. The molecule has 0 saturated carbocycles. The number of phenols is 2. The topological polar surface area (TPSA) is 46.9 Å². The molecule has 8 aromatic rings. The van der Waals surface area contributed by atoms with Crippen molar-refractivity contribution >= 4 is 45.8 Å². The van der Waals surface area contributed by atoms with Crippen LogP contribution < -0.4 is 9.80 Å². The molecule has 0 amide bonds. The molecule has 0 aliphatic rings. The van der Waals surface area contributed by atoms with Crippen LogP contribution in [0.2, 0.25) is 0 Å². The first kappa shape index (κ1) is 35.7. The number of phenolic OH excluding ortho intramolecular Hbond substituents is 2. The van der Waals surface area contributed by atoms with Gasteiger partial charge in [-0.3, -0.25) is 0 Å². The molecule has 0 fully saturated rings. The second kappa shape index (κ2) is 16.8. The monoisotopic (exact) mass is 726 g/mol. The SMILES string of the molecule is Oc1ccc(C(=Cc2ccc(N(c3ccccc3)c3ccc(CCc4ccc(N(c5ccccc5)c5ccccc5)cc4)cc3)cc2)c2ccc(O)cc2)cc1. The van der Waals surface area contributed by atoms with E-state index in [2.05, 4.69) is 174 Å². The third-order valence-electron chi connectivity index (χ3n) is 9.95. The van der Waals surface area contributed by atoms with Crippen LogP contribution in [0, 0.1) is 0 Å². The van der Waals surface area contributed by atoms with Gasteiger partial charge in [0, 0.05) is 34.1 Å². The minimum absolute atomic E-state index is 0.220. The molecule has 0 spiro atoms. The third-order valence-corrected chi connectivity index (χ3v) is 9.95. The number of hydrogen-bond acceptors (Lipinski definition) is 4. The number of para-hydroxylation sites is 3. The van der Waals surface area contributed by atoms with Gasteiger partial charge in [0.15, 0.2) is 0 Å². The molecule has 0 radical (unpaired) electrons. The Morgan fingerprint density at radius 2 is 0.643 bits per heavy atom. The molecule has 8 rings (SSSR count). The zero-order chi connectivity index (χ0) is 38.1. The molecule has 0 aromatic heterocycles. The zero-order valence-electron chi connectivity index (χ0n) is 31.0. The zero-order valence-corrected chi connectivity index (χ0v) is 31.0. The molecule has 4 heteroatoms. The highest BCUT2D eigenvalue weighted by Crippen LogP contribution is 2.37. The van der Waals surface area contributed by atoms with E-state index in [-0.39, 0.29) is 11.5 Å². The fourth-order valence-corrected chi connectivity index (χ4v) is 7.04. The Morgan fingerprint density at radius 1 is 0.339 bits per heavy atom. The summed E-state index contributed by atoms with van der Waals surface area (Å²) in [5.74, 6) is 0.440. The Bertz CT molecular complexity index is 2390. The van der Waals surface area contributed by atoms with Gasteiger partial charge in [0.2, 0.25) is 0 Å². The number of benzene rings is 8. The van der Waals surface area contributed by atoms with E-state index in [1.54, 1.807) is 24.3 Å². The summed E-state index contributed by atoms with van der Waals surface area (Å²) in [7, 11) is 0. The van der Waals surface area contributed by atoms with Crippen LogP contribution in [0.25, 0.3) is 11.6 Å². The van der Waals surface area contributed by atoms with Crippen LogP contribution in [0.1, 0.15) is 27.8 Å². The summed E-state index contributed by atoms with van der Waals surface area (Å²) in [6.45, 7) is 0. The molecule has 2 N–H and O–H groups in total. The lowest BCUT2D eigenvalue weighted by atomic mass is 9.95. The second-order valence-corrected chi connectivity index (χ2v) is 13.8. The van der Waals surface area contributed by atoms with Crippen LogP contribution >= 0.6 is 0 Å². The first-order valence-electron chi connectivity index (χ1n) is 18.9. The molecule has 8 aromatic carbocycles. The summed E-state index contributed by atoms with van der Waals surface area (Å²) < 4.78 is 0. The maximum Gasteiger partial charge on any atom is 0.115 e. The van der Waals surface area contributed by atoms with Gasteiger partial charge in [-0.2, -0.15) is 0 Å². The molecule has 0 bridgehead atoms. The van der Waals surface area contributed by atoms with E-state index in [4.69, 9.17) is 0 Å². The Kier molecular flexibility index (Phi) is 10.7. The van der Waals surface area contributed by atoms with Crippen molar-refractivity contribution in [2.24, 2.45) is 0 Å². The van der Waals surface area contributed by atoms with E-state index in [0.29, 0.717) is 0 Å². The molecule has 272 valence electrons. The standard InChI is InChI=1S/C52H42N2O2/c55-50-34-24-42(25-35-50)52(43-26-36-51(56)37-27-43)38-41-22-32-49(33-23-41)54(46-14-8-3-9-15-46)48-30-20-40(21-31-48)17-16-39-18-28-47(29-19-39)53(44-10-4-1-5-11-44)45-12-6-2-7-13-45/h1-15,18-38,55-56H,16-17H2. The Hall–Kier alpha value is -7.30. The molecule has 4 nitrogen and oxygen atoms in total. The first-order valence-corrected chi connectivity index (χ1v) is 18.9. The molecule has 0 atom stereocenters. The quantitative estimate of drug-likeness (QED) is 0.123. The van der Waals surface area contributed by atoms with E-state index < -0.39 is 0 Å². The average molecular weight is 727 g/mol. The normalized spacial score (nSPS) is 10.8. The van der Waals surface area contributed by atoms with Crippen LogP contribution in [0.3, 0.4) is 0 Å². The fourth-order valence-electron chi connectivity index (χ4n) is 7.04. The summed E-state index contributed by atoms with van der Waals surface area (Å²) in [6.07, 6.45) is 4.03. The summed E-state index contributed by atoms with van der Waals surface area (Å²) >= 11 is 0. The lowest BCUT2D eigenvalue weighted by Gasteiger charge is -2.26. The largest absolute Gasteiger partial charge is 0.508 e. The van der Waals surface area contributed by atoms with Crippen molar-refractivity contribution in [2.45, 2.75) is 12.8 Å². The number of anilines is 6. The van der Waals surface area contributed by atoms with E-state index in [1.165, 1.54) is 11.1 Å². The highest BCUT2D eigenvalue weighted by atomic mass is 16.3. The van der Waals surface area contributed by atoms with Crippen molar-refractivity contribution in [3.63, 3.8) is 0 Å². The highest BCUT2D eigenvalue weighted by Gasteiger charge is 2.14. The second-order valence-electron chi connectivity index (χ2n) is 13.8. The molecule has 0 unspecified atom stereocenters. The van der Waals surface area contributed by atoms with Crippen molar-refractivity contribution in [1.29, 1.82) is 0 Å². The smallest absolute Gasteiger partial charge is 0.115 e. The van der Waals surface area contributed by atoms with Crippen LogP contribution in [0.4, 0.5) is 34.1 Å². The van der Waals surface area contributed by atoms with Crippen LogP contribution in [0.5, 0.6) is 11.5 Å². The van der Waals surface area contributed by atoms with Gasteiger partial charge in [-0.25, -0.2) is 0 Å². The predicted molar refractivity (Wildman–Crippen MR) is 233 cm³/mol. The molecule has 0 aliphatic heterocycles. The maximum atomic E-state index is 9.92. The minimum Gasteiger partial charge on any atom is -0.508 e. The summed E-state index contributed by atoms with van der Waals surface area (Å²) in [5.41, 5.74) is 13.2. The number of hydrogen-bond donors (Lipinski definition) is 2. The fraction of sp³-hybridized carbons (Fsp3) is 0.0385. The molecular weight excluding hydrogens is 685 g/mol. The predicted octanol–water partition coefficient (Wildman–Crippen LogP) is 13.4. The number of rotatable bonds is 12. The van der Waals surface area contributed by atoms with E-state index in [0.717, 1.165) is 69.2 Å². The Morgan fingerprint density at radius 3 is 0.982 bits per heavy atom. The number of aryl methyl sites for hydroxylation is 2. The van der Waals surface area contributed by atoms with E-state index in [1.807, 2.05) is 30.3 Å². The van der Waals surface area contributed by atoms with Gasteiger partial charge >= 0.3 is 0 Å². The average Bonchev–Trinajstić information content (AvgIpc) is 3.26. The van der Waals surface area contributed by atoms with Crippen LogP contribution in [0.15, 0.2) is 212 Å². The molecule has 0 heterocycles. The highest BCUT2D eigenvalue weighted by molar-refractivity contribution is 5.92. The van der Waals surface area contributed by atoms with Crippen LogP contribution in [-0.4, -0.2) is 10.2 Å². The van der Waals surface area contributed by atoms with Gasteiger partial charge in [0.25, 0.3) is 0 Å². The van der Waals surface area contributed by atoms with Gasteiger partial charge in [0.1, 0.15) is 11.5 Å². The summed E-state index contributed by atoms with van der Waals surface area (Å²) in [6, 6.07) is 72.3. The third kappa shape index (κ3) is 8.41. The van der Waals surface area contributed by atoms with Crippen molar-refractivity contribution in [1.82, 2.24) is 0 Å². The van der Waals surface area contributed by atoms with Crippen molar-refractivity contribution in [3.05, 3.63) is 240 Å². The van der Waals surface area contributed by atoms with Gasteiger partial charge in [0.05, 0.1) is 0 Å². The van der Waals surface area contributed by atoms with Gasteiger partial charge < -0.3 is 20.0 Å². The molecule has 0 aliphatic carbocycles. The number of aromatic hydroxyl groups is 2. The van der Waals surface area contributed by atoms with Crippen molar-refractivity contribution in [2.75, 3.05) is 9.80 Å². The lowest BCUT2D eigenvalue weighted by Crippen LogP contribution is -2.10. The van der Waals surface area contributed by atoms with Crippen molar-refractivity contribution in [3.8, 4) is 11.5 Å². The molecule has 56 heavy (non-hydrogen) atoms. The van der Waals surface area contributed by atoms with Crippen LogP contribution in [-0.2, 0) is 12.8 Å². The van der Waals surface area contributed by atoms with Crippen molar-refractivity contribution < 1.29 is 10.2 Å². The maximum absolute atomic E-state index is 9.92. The first-order chi connectivity index (χ1) is 27.6. The van der Waals surface area contributed by atoms with Gasteiger partial charge in [-0.05, 0) is 149 Å². The van der Waals surface area contributed by atoms with Gasteiger partial charge in [-0.15, -0.1) is 0 Å². The van der Waals surface area contributed by atoms with E-state index >= 15 is 0 Å². The summed E-state index contributed by atoms with van der Waals surface area (Å²) in [4.78, 5) is 4.57. The van der Waals surface area contributed by atoms with E-state index in [9.17, 15) is 10.2 Å². The Labute approximate surface area is 329 Å². The lowest BCUT2D eigenvalue weighted by molar-refractivity contribution is 0.475.